The van der Waals surface area contributed by atoms with E-state index in [0.717, 1.165) is 10.5 Å². The molecule has 24 heavy (non-hydrogen) atoms. The van der Waals surface area contributed by atoms with Gasteiger partial charge in [0, 0.05) is 20.9 Å². The van der Waals surface area contributed by atoms with E-state index in [1.165, 1.54) is 4.57 Å². The molecule has 3 aromatic rings. The molecule has 1 heterocycles. The highest BCUT2D eigenvalue weighted by Gasteiger charge is 2.15. The largest absolute Gasteiger partial charge is 0.300 e. The number of carbonyl (C=O) groups excluding carboxylic acids is 1. The first-order valence-corrected chi connectivity index (χ1v) is 8.09. The highest BCUT2D eigenvalue weighted by Crippen LogP contribution is 2.24. The maximum atomic E-state index is 12.9. The van der Waals surface area contributed by atoms with Gasteiger partial charge in [-0.1, -0.05) is 36.4 Å². The van der Waals surface area contributed by atoms with Gasteiger partial charge in [0.2, 0.25) is 0 Å². The predicted octanol–water partition coefficient (Wildman–Crippen LogP) is 4.45. The summed E-state index contributed by atoms with van der Waals surface area (Å²) in [4.78, 5) is 25.4. The van der Waals surface area contributed by atoms with Gasteiger partial charge in [0.05, 0.1) is 12.2 Å². The number of aromatic nitrogens is 1. The fraction of sp³-hybridized carbons (Fsp3) is 0.0526. The van der Waals surface area contributed by atoms with Crippen LogP contribution in [0.4, 0.5) is 0 Å². The number of aldehydes is 1. The van der Waals surface area contributed by atoms with Crippen LogP contribution in [0.2, 0.25) is 5.02 Å². The minimum atomic E-state index is -0.232. The standard InChI is InChI=1S/C19H14ClNO2S/c1-2-15-17-9-13(20)5-8-16(17)19(23)21(18(15)11-22)10-12-3-6-14(24)7-4-12/h2-9,11,24H,1,10H2. The highest BCUT2D eigenvalue weighted by atomic mass is 35.5. The number of benzene rings is 2. The summed E-state index contributed by atoms with van der Waals surface area (Å²) in [5, 5.41) is 1.64. The van der Waals surface area contributed by atoms with Crippen LogP contribution in [0.5, 0.6) is 0 Å². The zero-order valence-corrected chi connectivity index (χ0v) is 14.3. The summed E-state index contributed by atoms with van der Waals surface area (Å²) in [5.41, 5.74) is 1.57. The van der Waals surface area contributed by atoms with Crippen molar-refractivity contribution < 1.29 is 4.79 Å². The molecule has 120 valence electrons. The van der Waals surface area contributed by atoms with Gasteiger partial charge in [-0.3, -0.25) is 9.59 Å². The van der Waals surface area contributed by atoms with Gasteiger partial charge in [-0.15, -0.1) is 12.6 Å². The molecule has 0 radical (unpaired) electrons. The zero-order valence-electron chi connectivity index (χ0n) is 12.7. The summed E-state index contributed by atoms with van der Waals surface area (Å²) in [6, 6.07) is 12.5. The van der Waals surface area contributed by atoms with Crippen LogP contribution in [0.15, 0.2) is 58.7 Å². The van der Waals surface area contributed by atoms with E-state index in [-0.39, 0.29) is 5.56 Å². The van der Waals surface area contributed by atoms with Crippen LogP contribution in [-0.4, -0.2) is 10.9 Å². The minimum absolute atomic E-state index is 0.232. The molecule has 0 aliphatic heterocycles. The SMILES string of the molecule is C=Cc1c(C=O)n(Cc2ccc(S)cc2)c(=O)c2ccc(Cl)cc12. The number of pyridine rings is 1. The molecule has 0 bridgehead atoms. The average Bonchev–Trinajstić information content (AvgIpc) is 2.58. The zero-order chi connectivity index (χ0) is 17.3. The molecule has 1 aromatic heterocycles. The molecule has 5 heteroatoms. The molecule has 3 rings (SSSR count). The quantitative estimate of drug-likeness (QED) is 0.554. The number of thiol groups is 1. The van der Waals surface area contributed by atoms with E-state index in [0.29, 0.717) is 39.9 Å². The molecule has 0 aliphatic carbocycles. The number of fused-ring (bicyclic) bond motifs is 1. The predicted molar refractivity (Wildman–Crippen MR) is 101 cm³/mol. The highest BCUT2D eigenvalue weighted by molar-refractivity contribution is 7.80. The Labute approximate surface area is 149 Å². The van der Waals surface area contributed by atoms with Crippen LogP contribution in [0.25, 0.3) is 16.8 Å². The van der Waals surface area contributed by atoms with Gasteiger partial charge in [0.15, 0.2) is 6.29 Å². The Hall–Kier alpha value is -2.30. The summed E-state index contributed by atoms with van der Waals surface area (Å²) in [6.45, 7) is 4.07. The van der Waals surface area contributed by atoms with Crippen LogP contribution in [-0.2, 0) is 6.54 Å². The van der Waals surface area contributed by atoms with Gasteiger partial charge >= 0.3 is 0 Å². The Balaban J connectivity index is 2.30. The fourth-order valence-corrected chi connectivity index (χ4v) is 3.07. The maximum Gasteiger partial charge on any atom is 0.259 e. The first-order chi connectivity index (χ1) is 11.5. The second kappa shape index (κ2) is 6.67. The number of rotatable bonds is 4. The Bertz CT molecular complexity index is 1010. The van der Waals surface area contributed by atoms with Gasteiger partial charge in [-0.25, -0.2) is 0 Å². The smallest absolute Gasteiger partial charge is 0.259 e. The third-order valence-corrected chi connectivity index (χ3v) is 4.44. The van der Waals surface area contributed by atoms with Crippen molar-refractivity contribution in [3.05, 3.63) is 81.2 Å². The Morgan fingerprint density at radius 3 is 2.46 bits per heavy atom. The van der Waals surface area contributed by atoms with Gasteiger partial charge in [-0.2, -0.15) is 0 Å². The second-order valence-corrected chi connectivity index (χ2v) is 6.32. The van der Waals surface area contributed by atoms with Gasteiger partial charge in [0.25, 0.3) is 5.56 Å². The fourth-order valence-electron chi connectivity index (χ4n) is 2.75. The summed E-state index contributed by atoms with van der Waals surface area (Å²) in [5.74, 6) is 0. The summed E-state index contributed by atoms with van der Waals surface area (Å²) in [7, 11) is 0. The van der Waals surface area contributed by atoms with Crippen LogP contribution in [0, 0.1) is 0 Å². The molecule has 0 aliphatic rings. The van der Waals surface area contributed by atoms with Crippen LogP contribution >= 0.6 is 24.2 Å². The summed E-state index contributed by atoms with van der Waals surface area (Å²) < 4.78 is 1.47. The maximum absolute atomic E-state index is 12.9. The molecular formula is C19H14ClNO2S. The van der Waals surface area contributed by atoms with Crippen molar-refractivity contribution in [3.8, 4) is 0 Å². The van der Waals surface area contributed by atoms with Crippen molar-refractivity contribution in [1.82, 2.24) is 4.57 Å². The number of nitrogens with zero attached hydrogens (tertiary/aromatic N) is 1. The van der Waals surface area contributed by atoms with E-state index in [1.54, 1.807) is 24.3 Å². The molecule has 3 nitrogen and oxygen atoms in total. The van der Waals surface area contributed by atoms with Crippen LogP contribution < -0.4 is 5.56 Å². The molecule has 2 aromatic carbocycles. The molecular weight excluding hydrogens is 342 g/mol. The summed E-state index contributed by atoms with van der Waals surface area (Å²) >= 11 is 10.3. The van der Waals surface area contributed by atoms with Crippen molar-refractivity contribution in [2.24, 2.45) is 0 Å². The van der Waals surface area contributed by atoms with Crippen LogP contribution in [0.1, 0.15) is 21.6 Å². The molecule has 0 unspecified atom stereocenters. The topological polar surface area (TPSA) is 39.1 Å². The third-order valence-electron chi connectivity index (χ3n) is 3.91. The monoisotopic (exact) mass is 355 g/mol. The molecule has 0 spiro atoms. The second-order valence-electron chi connectivity index (χ2n) is 5.37. The first-order valence-electron chi connectivity index (χ1n) is 7.26. The molecule has 0 fully saturated rings. The number of hydrogen-bond donors (Lipinski definition) is 1. The van der Waals surface area contributed by atoms with E-state index >= 15 is 0 Å². The molecule has 0 saturated heterocycles. The van der Waals surface area contributed by atoms with E-state index in [1.807, 2.05) is 24.3 Å². The number of carbonyl (C=O) groups is 1. The van der Waals surface area contributed by atoms with E-state index < -0.39 is 0 Å². The lowest BCUT2D eigenvalue weighted by atomic mass is 10.0. The third kappa shape index (κ3) is 2.90. The average molecular weight is 356 g/mol. The lowest BCUT2D eigenvalue weighted by Crippen LogP contribution is -2.25. The van der Waals surface area contributed by atoms with Crippen molar-refractivity contribution >= 4 is 47.4 Å². The Morgan fingerprint density at radius 2 is 1.83 bits per heavy atom. The van der Waals surface area contributed by atoms with E-state index in [2.05, 4.69) is 19.2 Å². The van der Waals surface area contributed by atoms with Gasteiger partial charge < -0.3 is 4.57 Å². The van der Waals surface area contributed by atoms with Crippen LogP contribution in [0.3, 0.4) is 0 Å². The van der Waals surface area contributed by atoms with E-state index in [9.17, 15) is 9.59 Å². The number of hydrogen-bond acceptors (Lipinski definition) is 3. The molecule has 0 atom stereocenters. The number of halogens is 1. The van der Waals surface area contributed by atoms with Gasteiger partial charge in [0.1, 0.15) is 0 Å². The Kier molecular flexibility index (Phi) is 4.60. The lowest BCUT2D eigenvalue weighted by molar-refractivity contribution is 0.111. The van der Waals surface area contributed by atoms with Crippen molar-refractivity contribution in [2.45, 2.75) is 11.4 Å². The normalized spacial score (nSPS) is 10.8. The van der Waals surface area contributed by atoms with Crippen molar-refractivity contribution in [2.75, 3.05) is 0 Å². The van der Waals surface area contributed by atoms with Gasteiger partial charge in [-0.05, 0) is 41.3 Å². The Morgan fingerprint density at radius 1 is 1.12 bits per heavy atom. The molecule has 0 N–H and O–H groups in total. The minimum Gasteiger partial charge on any atom is -0.300 e. The molecule has 0 amide bonds. The summed E-state index contributed by atoms with van der Waals surface area (Å²) in [6.07, 6.45) is 2.26. The molecule has 0 saturated carbocycles. The van der Waals surface area contributed by atoms with E-state index in [4.69, 9.17) is 11.6 Å². The lowest BCUT2D eigenvalue weighted by Gasteiger charge is -2.15. The first kappa shape index (κ1) is 16.6. The van der Waals surface area contributed by atoms with Crippen molar-refractivity contribution in [1.29, 1.82) is 0 Å². The van der Waals surface area contributed by atoms with Crippen molar-refractivity contribution in [3.63, 3.8) is 0 Å².